The number of hydrogen-bond donors (Lipinski definition) is 2. The summed E-state index contributed by atoms with van der Waals surface area (Å²) in [5.41, 5.74) is 0.759. The molecule has 0 amide bonds. The summed E-state index contributed by atoms with van der Waals surface area (Å²) >= 11 is 0. The molecular weight excluding hydrogens is 185 g/mol. The van der Waals surface area contributed by atoms with Crippen molar-refractivity contribution in [3.05, 3.63) is 23.9 Å². The third-order valence-corrected chi connectivity index (χ3v) is 1.92. The van der Waals surface area contributed by atoms with E-state index >= 15 is 0 Å². The second-order valence-corrected chi connectivity index (χ2v) is 2.93. The van der Waals surface area contributed by atoms with E-state index in [1.165, 1.54) is 6.07 Å². The van der Waals surface area contributed by atoms with E-state index in [-0.39, 0.29) is 5.59 Å². The molecule has 0 atom stereocenters. The van der Waals surface area contributed by atoms with Crippen molar-refractivity contribution in [2.75, 3.05) is 13.2 Å². The van der Waals surface area contributed by atoms with Gasteiger partial charge in [0, 0.05) is 0 Å². The van der Waals surface area contributed by atoms with Gasteiger partial charge in [0.25, 0.3) is 0 Å². The van der Waals surface area contributed by atoms with Gasteiger partial charge >= 0.3 is 7.12 Å². The molecule has 1 saturated heterocycles. The monoisotopic (exact) mass is 195 g/mol. The van der Waals surface area contributed by atoms with E-state index in [1.807, 2.05) is 0 Å². The first-order valence-electron chi connectivity index (χ1n) is 4.33. The van der Waals surface area contributed by atoms with Crippen LogP contribution in [0.3, 0.4) is 0 Å². The average Bonchev–Trinajstić information content (AvgIpc) is 2.71. The molecule has 1 aliphatic heterocycles. The number of nitrogens with zero attached hydrogens (tertiary/aromatic N) is 1. The molecule has 6 heteroatoms. The number of rotatable bonds is 2. The van der Waals surface area contributed by atoms with Crippen LogP contribution >= 0.6 is 0 Å². The summed E-state index contributed by atoms with van der Waals surface area (Å²) in [6.07, 6.45) is -0.478. The predicted molar refractivity (Wildman–Crippen MR) is 48.7 cm³/mol. The van der Waals surface area contributed by atoms with Crippen molar-refractivity contribution in [1.82, 2.24) is 4.98 Å². The van der Waals surface area contributed by atoms with Crippen molar-refractivity contribution in [1.29, 1.82) is 0 Å². The summed E-state index contributed by atoms with van der Waals surface area (Å²) in [6.45, 7) is 1.08. The van der Waals surface area contributed by atoms with Crippen LogP contribution in [0, 0.1) is 0 Å². The maximum atomic E-state index is 8.90. The Morgan fingerprint density at radius 1 is 1.29 bits per heavy atom. The fourth-order valence-corrected chi connectivity index (χ4v) is 1.27. The molecule has 0 aromatic carbocycles. The Hall–Kier alpha value is -0.945. The van der Waals surface area contributed by atoms with Gasteiger partial charge in [-0.15, -0.1) is 0 Å². The second kappa shape index (κ2) is 4.06. The molecule has 0 radical (unpaired) electrons. The molecule has 0 saturated carbocycles. The minimum Gasteiger partial charge on any atom is -0.422 e. The summed E-state index contributed by atoms with van der Waals surface area (Å²) < 4.78 is 10.5. The standard InChI is InChI=1S/C8H10BNO4/c11-9(12)7-3-1-2-6(10-7)8-13-4-5-14-8/h1-3,8,11-12H,4-5H2. The molecule has 1 fully saturated rings. The summed E-state index contributed by atoms with van der Waals surface area (Å²) in [5, 5.41) is 17.8. The van der Waals surface area contributed by atoms with Gasteiger partial charge in [-0.2, -0.15) is 0 Å². The van der Waals surface area contributed by atoms with Gasteiger partial charge in [-0.1, -0.05) is 6.07 Å². The number of aromatic nitrogens is 1. The van der Waals surface area contributed by atoms with Gasteiger partial charge in [-0.05, 0) is 12.1 Å². The Labute approximate surface area is 81.4 Å². The van der Waals surface area contributed by atoms with Gasteiger partial charge in [-0.3, -0.25) is 4.98 Å². The molecule has 1 aromatic heterocycles. The summed E-state index contributed by atoms with van der Waals surface area (Å²) in [4.78, 5) is 4.00. The topological polar surface area (TPSA) is 71.8 Å². The molecule has 74 valence electrons. The normalized spacial score (nSPS) is 17.3. The Kier molecular flexibility index (Phi) is 2.78. The first-order valence-corrected chi connectivity index (χ1v) is 4.33. The lowest BCUT2D eigenvalue weighted by molar-refractivity contribution is -0.0471. The second-order valence-electron chi connectivity index (χ2n) is 2.93. The first kappa shape index (κ1) is 9.60. The van der Waals surface area contributed by atoms with Crippen molar-refractivity contribution < 1.29 is 19.5 Å². The van der Waals surface area contributed by atoms with Crippen LogP contribution in [0.15, 0.2) is 18.2 Å². The highest BCUT2D eigenvalue weighted by Crippen LogP contribution is 2.19. The van der Waals surface area contributed by atoms with Gasteiger partial charge in [-0.25, -0.2) is 0 Å². The van der Waals surface area contributed by atoms with Gasteiger partial charge in [0.1, 0.15) is 0 Å². The largest absolute Gasteiger partial charge is 0.508 e. The van der Waals surface area contributed by atoms with E-state index in [1.54, 1.807) is 12.1 Å². The number of hydrogen-bond acceptors (Lipinski definition) is 5. The Morgan fingerprint density at radius 2 is 2.00 bits per heavy atom. The smallest absolute Gasteiger partial charge is 0.422 e. The van der Waals surface area contributed by atoms with E-state index < -0.39 is 13.4 Å². The molecule has 0 spiro atoms. The molecule has 1 aromatic rings. The van der Waals surface area contributed by atoms with Gasteiger partial charge in [0.2, 0.25) is 6.29 Å². The minimum absolute atomic E-state index is 0.196. The molecule has 2 heterocycles. The lowest BCUT2D eigenvalue weighted by atomic mass is 9.85. The van der Waals surface area contributed by atoms with E-state index in [0.717, 1.165) is 0 Å². The number of ether oxygens (including phenoxy) is 2. The zero-order valence-electron chi connectivity index (χ0n) is 7.46. The molecule has 5 nitrogen and oxygen atoms in total. The lowest BCUT2D eigenvalue weighted by Gasteiger charge is -2.09. The zero-order chi connectivity index (χ0) is 9.97. The van der Waals surface area contributed by atoms with Crippen LogP contribution in [0.1, 0.15) is 12.0 Å². The highest BCUT2D eigenvalue weighted by molar-refractivity contribution is 6.57. The van der Waals surface area contributed by atoms with E-state index in [9.17, 15) is 0 Å². The summed E-state index contributed by atoms with van der Waals surface area (Å²) in [5.74, 6) is 0. The molecule has 14 heavy (non-hydrogen) atoms. The first-order chi connectivity index (χ1) is 6.77. The van der Waals surface area contributed by atoms with Crippen molar-refractivity contribution in [2.45, 2.75) is 6.29 Å². The van der Waals surface area contributed by atoms with E-state index in [0.29, 0.717) is 18.9 Å². The zero-order valence-corrected chi connectivity index (χ0v) is 7.46. The molecular formula is C8H10BNO4. The van der Waals surface area contributed by atoms with Crippen LogP contribution in [-0.2, 0) is 9.47 Å². The van der Waals surface area contributed by atoms with Crippen LogP contribution in [-0.4, -0.2) is 35.4 Å². The fraction of sp³-hybridized carbons (Fsp3) is 0.375. The van der Waals surface area contributed by atoms with Crippen molar-refractivity contribution in [3.63, 3.8) is 0 Å². The van der Waals surface area contributed by atoms with E-state index in [4.69, 9.17) is 19.5 Å². The third-order valence-electron chi connectivity index (χ3n) is 1.92. The highest BCUT2D eigenvalue weighted by Gasteiger charge is 2.21. The molecule has 2 rings (SSSR count). The highest BCUT2D eigenvalue weighted by atomic mass is 16.7. The van der Waals surface area contributed by atoms with Crippen LogP contribution in [0.2, 0.25) is 0 Å². The predicted octanol–water partition coefficient (Wildman–Crippen LogP) is -1.19. The lowest BCUT2D eigenvalue weighted by Crippen LogP contribution is -2.33. The molecule has 0 aliphatic carbocycles. The quantitative estimate of drug-likeness (QED) is 0.580. The third kappa shape index (κ3) is 1.93. The van der Waals surface area contributed by atoms with Crippen LogP contribution in [0.5, 0.6) is 0 Å². The maximum absolute atomic E-state index is 8.90. The Morgan fingerprint density at radius 3 is 2.64 bits per heavy atom. The van der Waals surface area contributed by atoms with E-state index in [2.05, 4.69) is 4.98 Å². The van der Waals surface area contributed by atoms with Crippen LogP contribution in [0.4, 0.5) is 0 Å². The van der Waals surface area contributed by atoms with Gasteiger partial charge in [0.05, 0.1) is 24.5 Å². The average molecular weight is 195 g/mol. The number of pyridine rings is 1. The van der Waals surface area contributed by atoms with Crippen LogP contribution in [0.25, 0.3) is 0 Å². The summed E-state index contributed by atoms with van der Waals surface area (Å²) in [6, 6.07) is 4.94. The van der Waals surface area contributed by atoms with Crippen molar-refractivity contribution in [2.24, 2.45) is 0 Å². The Balaban J connectivity index is 2.21. The van der Waals surface area contributed by atoms with Crippen molar-refractivity contribution >= 4 is 12.7 Å². The van der Waals surface area contributed by atoms with Gasteiger partial charge < -0.3 is 19.5 Å². The fourth-order valence-electron chi connectivity index (χ4n) is 1.27. The molecule has 1 aliphatic rings. The van der Waals surface area contributed by atoms with Crippen molar-refractivity contribution in [3.8, 4) is 0 Å². The minimum atomic E-state index is -1.56. The molecule has 0 bridgehead atoms. The molecule has 2 N–H and O–H groups in total. The van der Waals surface area contributed by atoms with Gasteiger partial charge in [0.15, 0.2) is 0 Å². The Bertz CT molecular complexity index is 314. The maximum Gasteiger partial charge on any atom is 0.508 e. The molecule has 0 unspecified atom stereocenters. The SMILES string of the molecule is OB(O)c1cccc(C2OCCO2)n1. The summed E-state index contributed by atoms with van der Waals surface area (Å²) in [7, 11) is -1.56. The van der Waals surface area contributed by atoms with Crippen LogP contribution < -0.4 is 5.59 Å².